The van der Waals surface area contributed by atoms with Gasteiger partial charge in [0.1, 0.15) is 5.01 Å². The van der Waals surface area contributed by atoms with Crippen molar-refractivity contribution in [3.05, 3.63) is 33.3 Å². The highest BCUT2D eigenvalue weighted by Gasteiger charge is 2.19. The van der Waals surface area contributed by atoms with Crippen molar-refractivity contribution in [3.8, 4) is 0 Å². The normalized spacial score (nSPS) is 11.4. The maximum Gasteiger partial charge on any atom is 0.223 e. The highest BCUT2D eigenvalue weighted by Crippen LogP contribution is 2.26. The Morgan fingerprint density at radius 1 is 1.32 bits per heavy atom. The van der Waals surface area contributed by atoms with Gasteiger partial charge in [-0.15, -0.1) is 10.2 Å². The summed E-state index contributed by atoms with van der Waals surface area (Å²) in [6.45, 7) is 1.35. The Balaban J connectivity index is 2.11. The number of carbonyl (C=O) groups excluding carboxylic acids is 1. The summed E-state index contributed by atoms with van der Waals surface area (Å²) in [5.41, 5.74) is 0. The molecule has 0 unspecified atom stereocenters. The molecule has 0 radical (unpaired) electrons. The van der Waals surface area contributed by atoms with Crippen molar-refractivity contribution in [3.63, 3.8) is 0 Å². The Kier molecular flexibility index (Phi) is 5.38. The number of rotatable bonds is 5. The molecular weight excluding hydrogens is 369 g/mol. The summed E-state index contributed by atoms with van der Waals surface area (Å²) in [7, 11) is -3.59. The summed E-state index contributed by atoms with van der Waals surface area (Å²) < 4.78 is 24.6. The van der Waals surface area contributed by atoms with Crippen LogP contribution in [-0.2, 0) is 21.1 Å². The average Bonchev–Trinajstić information content (AvgIpc) is 2.86. The molecule has 1 aromatic carbocycles. The second kappa shape index (κ2) is 6.91. The second-order valence-corrected chi connectivity index (χ2v) is 8.31. The van der Waals surface area contributed by atoms with Gasteiger partial charge in [0.25, 0.3) is 0 Å². The fourth-order valence-corrected chi connectivity index (χ4v) is 4.58. The number of carbonyl (C=O) groups is 1. The third kappa shape index (κ3) is 4.39. The first-order chi connectivity index (χ1) is 10.3. The predicted molar refractivity (Wildman–Crippen MR) is 86.4 cm³/mol. The first-order valence-corrected chi connectivity index (χ1v) is 9.28. The zero-order valence-electron chi connectivity index (χ0n) is 11.3. The Labute approximate surface area is 141 Å². The molecule has 0 saturated carbocycles. The highest BCUT2D eigenvalue weighted by molar-refractivity contribution is 7.91. The van der Waals surface area contributed by atoms with E-state index >= 15 is 0 Å². The molecule has 2 rings (SSSR count). The second-order valence-electron chi connectivity index (χ2n) is 4.33. The molecule has 1 heterocycles. The molecule has 2 aromatic rings. The first kappa shape index (κ1) is 17.1. The Hall–Kier alpha value is -1.22. The van der Waals surface area contributed by atoms with Gasteiger partial charge in [-0.05, 0) is 18.2 Å². The van der Waals surface area contributed by atoms with Crippen LogP contribution in [0.25, 0.3) is 0 Å². The van der Waals surface area contributed by atoms with Crippen LogP contribution in [0.2, 0.25) is 10.0 Å². The van der Waals surface area contributed by atoms with Gasteiger partial charge in [0, 0.05) is 18.4 Å². The lowest BCUT2D eigenvalue weighted by Gasteiger charge is -2.05. The number of sulfone groups is 1. The number of anilines is 1. The van der Waals surface area contributed by atoms with Crippen molar-refractivity contribution in [2.45, 2.75) is 18.2 Å². The number of hydrogen-bond acceptors (Lipinski definition) is 6. The van der Waals surface area contributed by atoms with Gasteiger partial charge in [-0.2, -0.15) is 0 Å². The minimum atomic E-state index is -3.59. The minimum absolute atomic E-state index is 0.00623. The minimum Gasteiger partial charge on any atom is -0.301 e. The van der Waals surface area contributed by atoms with Crippen LogP contribution in [-0.4, -0.2) is 30.3 Å². The number of aromatic nitrogens is 2. The van der Waals surface area contributed by atoms with E-state index in [1.165, 1.54) is 25.1 Å². The van der Waals surface area contributed by atoms with Crippen LogP contribution in [0.4, 0.5) is 5.13 Å². The molecule has 22 heavy (non-hydrogen) atoms. The van der Waals surface area contributed by atoms with Crippen molar-refractivity contribution in [1.29, 1.82) is 0 Å². The third-order valence-corrected chi connectivity index (χ3v) is 5.89. The molecule has 1 N–H and O–H groups in total. The zero-order chi connectivity index (χ0) is 16.3. The van der Waals surface area contributed by atoms with E-state index in [-0.39, 0.29) is 28.0 Å². The largest absolute Gasteiger partial charge is 0.301 e. The van der Waals surface area contributed by atoms with Crippen LogP contribution in [0.3, 0.4) is 0 Å². The van der Waals surface area contributed by atoms with Gasteiger partial charge >= 0.3 is 0 Å². The third-order valence-electron chi connectivity index (χ3n) is 2.56. The molecule has 0 aliphatic rings. The maximum absolute atomic E-state index is 12.3. The zero-order valence-corrected chi connectivity index (χ0v) is 14.5. The Bertz CT molecular complexity index is 806. The van der Waals surface area contributed by atoms with Gasteiger partial charge in [0.2, 0.25) is 11.0 Å². The number of amides is 1. The average molecular weight is 380 g/mol. The van der Waals surface area contributed by atoms with E-state index in [1.807, 2.05) is 0 Å². The van der Waals surface area contributed by atoms with Crippen molar-refractivity contribution in [1.82, 2.24) is 10.2 Å². The number of nitrogens with zero attached hydrogens (tertiary/aromatic N) is 2. The predicted octanol–water partition coefficient (Wildman–Crippen LogP) is 2.82. The molecule has 1 amide bonds. The topological polar surface area (TPSA) is 89.0 Å². The van der Waals surface area contributed by atoms with Gasteiger partial charge in [-0.25, -0.2) is 8.42 Å². The van der Waals surface area contributed by atoms with Crippen LogP contribution < -0.4 is 5.32 Å². The van der Waals surface area contributed by atoms with Crippen molar-refractivity contribution < 1.29 is 13.2 Å². The number of hydrogen-bond donors (Lipinski definition) is 1. The molecule has 10 heteroatoms. The van der Waals surface area contributed by atoms with Crippen LogP contribution in [0, 0.1) is 0 Å². The van der Waals surface area contributed by atoms with Crippen molar-refractivity contribution in [2.24, 2.45) is 0 Å². The van der Waals surface area contributed by atoms with E-state index < -0.39 is 9.84 Å². The molecule has 1 aromatic heterocycles. The maximum atomic E-state index is 12.3. The summed E-state index contributed by atoms with van der Waals surface area (Å²) in [6, 6.07) is 4.28. The van der Waals surface area contributed by atoms with Gasteiger partial charge in [-0.3, -0.25) is 4.79 Å². The van der Waals surface area contributed by atoms with E-state index in [9.17, 15) is 13.2 Å². The molecule has 0 atom stereocenters. The van der Waals surface area contributed by atoms with E-state index in [4.69, 9.17) is 23.2 Å². The standard InChI is InChI=1S/C12H11Cl2N3O3S2/c1-7(18)15-12-17-16-11(21-12)4-5-22(19,20)10-6-8(13)2-3-9(10)14/h2-3,6H,4-5H2,1H3,(H,15,17,18). The number of aryl methyl sites for hydroxylation is 1. The number of halogens is 2. The van der Waals surface area contributed by atoms with Gasteiger partial charge < -0.3 is 5.32 Å². The molecular formula is C12H11Cl2N3O3S2. The van der Waals surface area contributed by atoms with E-state index in [0.29, 0.717) is 15.2 Å². The summed E-state index contributed by atoms with van der Waals surface area (Å²) in [5, 5.41) is 11.3. The lowest BCUT2D eigenvalue weighted by molar-refractivity contribution is -0.114. The molecule has 6 nitrogen and oxygen atoms in total. The van der Waals surface area contributed by atoms with Gasteiger partial charge in [-0.1, -0.05) is 34.5 Å². The SMILES string of the molecule is CC(=O)Nc1nnc(CCS(=O)(=O)c2cc(Cl)ccc2Cl)s1. The lowest BCUT2D eigenvalue weighted by atomic mass is 10.4. The van der Waals surface area contributed by atoms with Crippen LogP contribution in [0.5, 0.6) is 0 Å². The van der Waals surface area contributed by atoms with E-state index in [1.54, 1.807) is 0 Å². The molecule has 0 spiro atoms. The summed E-state index contributed by atoms with van der Waals surface area (Å²) in [5.74, 6) is -0.442. The first-order valence-electron chi connectivity index (χ1n) is 6.06. The van der Waals surface area contributed by atoms with Crippen molar-refractivity contribution >= 4 is 55.4 Å². The fraction of sp³-hybridized carbons (Fsp3) is 0.250. The molecule has 0 saturated heterocycles. The molecule has 0 fully saturated rings. The van der Waals surface area contributed by atoms with Crippen LogP contribution >= 0.6 is 34.5 Å². The Morgan fingerprint density at radius 3 is 2.73 bits per heavy atom. The van der Waals surface area contributed by atoms with E-state index in [2.05, 4.69) is 15.5 Å². The Morgan fingerprint density at radius 2 is 2.05 bits per heavy atom. The quantitative estimate of drug-likeness (QED) is 0.862. The van der Waals surface area contributed by atoms with Crippen LogP contribution in [0.1, 0.15) is 11.9 Å². The van der Waals surface area contributed by atoms with Gasteiger partial charge in [0.05, 0.1) is 15.7 Å². The summed E-state index contributed by atoms with van der Waals surface area (Å²) in [6.07, 6.45) is 0.169. The van der Waals surface area contributed by atoms with Crippen molar-refractivity contribution in [2.75, 3.05) is 11.1 Å². The molecule has 118 valence electrons. The fourth-order valence-electron chi connectivity index (χ4n) is 1.60. The monoisotopic (exact) mass is 379 g/mol. The summed E-state index contributed by atoms with van der Waals surface area (Å²) >= 11 is 12.8. The summed E-state index contributed by atoms with van der Waals surface area (Å²) in [4.78, 5) is 10.9. The number of nitrogens with one attached hydrogen (secondary N) is 1. The molecule has 0 aliphatic heterocycles. The van der Waals surface area contributed by atoms with Crippen LogP contribution in [0.15, 0.2) is 23.1 Å². The lowest BCUT2D eigenvalue weighted by Crippen LogP contribution is -2.10. The molecule has 0 aliphatic carbocycles. The van der Waals surface area contributed by atoms with Gasteiger partial charge in [0.15, 0.2) is 9.84 Å². The smallest absolute Gasteiger partial charge is 0.223 e. The highest BCUT2D eigenvalue weighted by atomic mass is 35.5. The number of benzene rings is 1. The molecule has 0 bridgehead atoms. The van der Waals surface area contributed by atoms with E-state index in [0.717, 1.165) is 11.3 Å².